The molecule has 0 heterocycles. The number of hydrogen-bond acceptors (Lipinski definition) is 3. The quantitative estimate of drug-likeness (QED) is 0.612. The second kappa shape index (κ2) is 4.39. The minimum atomic E-state index is -0.416. The summed E-state index contributed by atoms with van der Waals surface area (Å²) < 4.78 is 5.25. The third kappa shape index (κ3) is 1.94. The Balaban J connectivity index is 2.29. The molecule has 0 aliphatic heterocycles. The van der Waals surface area contributed by atoms with Crippen LogP contribution in [0.3, 0.4) is 0 Å². The Kier molecular flexibility index (Phi) is 2.95. The molecule has 3 heteroatoms. The number of phenols is 1. The van der Waals surface area contributed by atoms with E-state index >= 15 is 0 Å². The van der Waals surface area contributed by atoms with Gasteiger partial charge in [-0.2, -0.15) is 0 Å². The number of phenolic OH excluding ortho intramolecular Hbond substituents is 1. The van der Waals surface area contributed by atoms with Crippen molar-refractivity contribution in [3.63, 3.8) is 0 Å². The van der Waals surface area contributed by atoms with Crippen molar-refractivity contribution in [3.05, 3.63) is 42.0 Å². The molecule has 1 atom stereocenters. The molecule has 0 spiro atoms. The lowest BCUT2D eigenvalue weighted by atomic mass is 9.89. The van der Waals surface area contributed by atoms with Gasteiger partial charge in [-0.25, -0.2) is 4.79 Å². The van der Waals surface area contributed by atoms with E-state index in [1.54, 1.807) is 12.1 Å². The first kappa shape index (κ1) is 10.7. The second-order valence-corrected chi connectivity index (χ2v) is 3.87. The summed E-state index contributed by atoms with van der Waals surface area (Å²) in [6.07, 6.45) is 3.47. The molecule has 1 aromatic rings. The lowest BCUT2D eigenvalue weighted by molar-refractivity contribution is -0.144. The molecule has 1 aliphatic carbocycles. The Bertz CT molecular complexity index is 423. The molecule has 0 aromatic heterocycles. The zero-order valence-electron chi connectivity index (χ0n) is 8.98. The van der Waals surface area contributed by atoms with Crippen molar-refractivity contribution in [1.82, 2.24) is 0 Å². The second-order valence-electron chi connectivity index (χ2n) is 3.87. The largest absolute Gasteiger partial charge is 0.508 e. The van der Waals surface area contributed by atoms with E-state index in [2.05, 4.69) is 6.58 Å². The standard InChI is InChI=1S/C13H14O3/c1-2-13(15)16-12-8-4-5-9-10(12)6-3-7-11(9)14/h2-3,6-7,12,14H,1,4-5,8H2. The number of carbonyl (C=O) groups excluding carboxylic acids is 1. The highest BCUT2D eigenvalue weighted by Crippen LogP contribution is 2.36. The van der Waals surface area contributed by atoms with Gasteiger partial charge < -0.3 is 9.84 Å². The summed E-state index contributed by atoms with van der Waals surface area (Å²) >= 11 is 0. The number of ether oxygens (including phenoxy) is 1. The molecule has 0 saturated carbocycles. The molecule has 1 aliphatic rings. The van der Waals surface area contributed by atoms with Crippen LogP contribution in [0.4, 0.5) is 0 Å². The summed E-state index contributed by atoms with van der Waals surface area (Å²) in [5.41, 5.74) is 1.82. The first-order valence-corrected chi connectivity index (χ1v) is 5.36. The fourth-order valence-corrected chi connectivity index (χ4v) is 2.10. The molecule has 0 radical (unpaired) electrons. The summed E-state index contributed by atoms with van der Waals surface area (Å²) in [6.45, 7) is 3.38. The highest BCUT2D eigenvalue weighted by molar-refractivity contribution is 5.81. The van der Waals surface area contributed by atoms with Crippen LogP contribution in [-0.4, -0.2) is 11.1 Å². The maximum atomic E-state index is 11.2. The van der Waals surface area contributed by atoms with Gasteiger partial charge in [-0.1, -0.05) is 18.7 Å². The van der Waals surface area contributed by atoms with Crippen molar-refractivity contribution in [3.8, 4) is 5.75 Å². The molecule has 84 valence electrons. The van der Waals surface area contributed by atoms with E-state index in [4.69, 9.17) is 4.74 Å². The predicted octanol–water partition coefficient (Wildman–Crippen LogP) is 2.50. The van der Waals surface area contributed by atoms with Crippen LogP contribution in [-0.2, 0) is 16.0 Å². The first-order valence-electron chi connectivity index (χ1n) is 5.36. The van der Waals surface area contributed by atoms with Crippen LogP contribution in [0.1, 0.15) is 30.1 Å². The Labute approximate surface area is 94.4 Å². The summed E-state index contributed by atoms with van der Waals surface area (Å²) in [4.78, 5) is 11.2. The Morgan fingerprint density at radius 3 is 3.12 bits per heavy atom. The lowest BCUT2D eigenvalue weighted by Crippen LogP contribution is -2.15. The Morgan fingerprint density at radius 1 is 1.56 bits per heavy atom. The molecule has 3 nitrogen and oxygen atoms in total. The number of benzene rings is 1. The highest BCUT2D eigenvalue weighted by atomic mass is 16.5. The minimum Gasteiger partial charge on any atom is -0.508 e. The van der Waals surface area contributed by atoms with Crippen LogP contribution >= 0.6 is 0 Å². The molecule has 0 fully saturated rings. The van der Waals surface area contributed by atoms with Crippen LogP contribution in [0.25, 0.3) is 0 Å². The average molecular weight is 218 g/mol. The molecule has 1 unspecified atom stereocenters. The van der Waals surface area contributed by atoms with Crippen LogP contribution < -0.4 is 0 Å². The highest BCUT2D eigenvalue weighted by Gasteiger charge is 2.24. The van der Waals surface area contributed by atoms with E-state index in [9.17, 15) is 9.90 Å². The average Bonchev–Trinajstić information content (AvgIpc) is 2.30. The van der Waals surface area contributed by atoms with Gasteiger partial charge in [-0.3, -0.25) is 0 Å². The Hall–Kier alpha value is -1.77. The van der Waals surface area contributed by atoms with Gasteiger partial charge in [0.05, 0.1) is 0 Å². The molecule has 2 rings (SSSR count). The van der Waals surface area contributed by atoms with E-state index < -0.39 is 5.97 Å². The van der Waals surface area contributed by atoms with Crippen molar-refractivity contribution in [2.24, 2.45) is 0 Å². The third-order valence-electron chi connectivity index (χ3n) is 2.85. The van der Waals surface area contributed by atoms with Gasteiger partial charge in [0.1, 0.15) is 11.9 Å². The zero-order chi connectivity index (χ0) is 11.5. The van der Waals surface area contributed by atoms with Gasteiger partial charge in [0.2, 0.25) is 0 Å². The maximum Gasteiger partial charge on any atom is 0.330 e. The molecule has 1 aromatic carbocycles. The fourth-order valence-electron chi connectivity index (χ4n) is 2.10. The molecule has 0 saturated heterocycles. The smallest absolute Gasteiger partial charge is 0.330 e. The molecular weight excluding hydrogens is 204 g/mol. The zero-order valence-corrected chi connectivity index (χ0v) is 8.98. The van der Waals surface area contributed by atoms with Crippen molar-refractivity contribution in [2.75, 3.05) is 0 Å². The molecule has 0 bridgehead atoms. The van der Waals surface area contributed by atoms with E-state index in [0.29, 0.717) is 0 Å². The van der Waals surface area contributed by atoms with E-state index in [-0.39, 0.29) is 11.9 Å². The van der Waals surface area contributed by atoms with Crippen molar-refractivity contribution < 1.29 is 14.6 Å². The third-order valence-corrected chi connectivity index (χ3v) is 2.85. The van der Waals surface area contributed by atoms with Gasteiger partial charge in [0, 0.05) is 11.6 Å². The van der Waals surface area contributed by atoms with E-state index in [1.807, 2.05) is 6.07 Å². The predicted molar refractivity (Wildman–Crippen MR) is 60.1 cm³/mol. The Morgan fingerprint density at radius 2 is 2.38 bits per heavy atom. The lowest BCUT2D eigenvalue weighted by Gasteiger charge is -2.25. The topological polar surface area (TPSA) is 46.5 Å². The molecule has 1 N–H and O–H groups in total. The number of hydrogen-bond donors (Lipinski definition) is 1. The number of esters is 1. The summed E-state index contributed by atoms with van der Waals surface area (Å²) in [6, 6.07) is 5.33. The van der Waals surface area contributed by atoms with Crippen molar-refractivity contribution in [1.29, 1.82) is 0 Å². The van der Waals surface area contributed by atoms with Gasteiger partial charge in [0.25, 0.3) is 0 Å². The van der Waals surface area contributed by atoms with Crippen molar-refractivity contribution >= 4 is 5.97 Å². The van der Waals surface area contributed by atoms with Gasteiger partial charge in [0.15, 0.2) is 0 Å². The number of rotatable bonds is 2. The van der Waals surface area contributed by atoms with Crippen LogP contribution in [0, 0.1) is 0 Å². The number of fused-ring (bicyclic) bond motifs is 1. The van der Waals surface area contributed by atoms with Crippen LogP contribution in [0.15, 0.2) is 30.9 Å². The monoisotopic (exact) mass is 218 g/mol. The van der Waals surface area contributed by atoms with Gasteiger partial charge in [-0.15, -0.1) is 0 Å². The fraction of sp³-hybridized carbons (Fsp3) is 0.308. The van der Waals surface area contributed by atoms with E-state index in [0.717, 1.165) is 36.5 Å². The van der Waals surface area contributed by atoms with Gasteiger partial charge >= 0.3 is 5.97 Å². The number of aromatic hydroxyl groups is 1. The van der Waals surface area contributed by atoms with Crippen molar-refractivity contribution in [2.45, 2.75) is 25.4 Å². The SMILES string of the molecule is C=CC(=O)OC1CCCc2c(O)cccc21. The van der Waals surface area contributed by atoms with Gasteiger partial charge in [-0.05, 0) is 30.9 Å². The van der Waals surface area contributed by atoms with E-state index in [1.165, 1.54) is 0 Å². The first-order chi connectivity index (χ1) is 7.72. The summed E-state index contributed by atoms with van der Waals surface area (Å²) in [5.74, 6) is -0.127. The maximum absolute atomic E-state index is 11.2. The van der Waals surface area contributed by atoms with Crippen LogP contribution in [0.5, 0.6) is 5.75 Å². The molecule has 16 heavy (non-hydrogen) atoms. The number of carbonyl (C=O) groups is 1. The minimum absolute atomic E-state index is 0.249. The molecular formula is C13H14O3. The molecule has 0 amide bonds. The summed E-state index contributed by atoms with van der Waals surface area (Å²) in [7, 11) is 0. The van der Waals surface area contributed by atoms with Crippen LogP contribution in [0.2, 0.25) is 0 Å². The normalized spacial score (nSPS) is 18.6. The summed E-state index contributed by atoms with van der Waals surface area (Å²) in [5, 5.41) is 9.70.